The van der Waals surface area contributed by atoms with Crippen LogP contribution in [0, 0.1) is 6.92 Å². The summed E-state index contributed by atoms with van der Waals surface area (Å²) in [4.78, 5) is 2.38. The molecule has 0 bridgehead atoms. The molecular formula is C33H27N. The van der Waals surface area contributed by atoms with Gasteiger partial charge in [-0.3, -0.25) is 0 Å². The molecule has 6 aromatic rings. The molecule has 0 N–H and O–H groups in total. The second-order valence-corrected chi connectivity index (χ2v) is 9.92. The van der Waals surface area contributed by atoms with E-state index in [4.69, 9.17) is 0 Å². The van der Waals surface area contributed by atoms with Crippen LogP contribution >= 0.6 is 0 Å². The molecule has 1 heteroatoms. The van der Waals surface area contributed by atoms with E-state index in [1.807, 2.05) is 0 Å². The average Bonchev–Trinajstić information content (AvgIpc) is 2.85. The van der Waals surface area contributed by atoms with Crippen molar-refractivity contribution >= 4 is 38.0 Å². The molecule has 0 fully saturated rings. The van der Waals surface area contributed by atoms with Crippen molar-refractivity contribution in [2.24, 2.45) is 0 Å². The predicted octanol–water partition coefficient (Wildman–Crippen LogP) is 8.29. The van der Waals surface area contributed by atoms with E-state index in [1.54, 1.807) is 0 Å². The SMILES string of the molecule is Cc1ccc2cc(CN(C)c3cccc(-c4ccc5c(c4)CC5)c3)c3cccc4ccc1c2c43. The molecule has 0 radical (unpaired) electrons. The molecule has 1 aliphatic carbocycles. The Morgan fingerprint density at radius 2 is 1.44 bits per heavy atom. The zero-order valence-electron chi connectivity index (χ0n) is 19.7. The van der Waals surface area contributed by atoms with Crippen molar-refractivity contribution < 1.29 is 0 Å². The Hall–Kier alpha value is -3.84. The second-order valence-electron chi connectivity index (χ2n) is 9.92. The van der Waals surface area contributed by atoms with E-state index in [2.05, 4.69) is 110 Å². The molecule has 6 aromatic carbocycles. The van der Waals surface area contributed by atoms with Crippen LogP contribution in [0.4, 0.5) is 5.69 Å². The third kappa shape index (κ3) is 2.93. The molecule has 7 rings (SSSR count). The molecule has 0 unspecified atom stereocenters. The Balaban J connectivity index is 1.31. The Morgan fingerprint density at radius 3 is 2.29 bits per heavy atom. The largest absolute Gasteiger partial charge is 0.370 e. The van der Waals surface area contributed by atoms with Crippen LogP contribution in [0.25, 0.3) is 43.4 Å². The normalized spacial score (nSPS) is 12.9. The topological polar surface area (TPSA) is 3.24 Å². The molecule has 0 saturated carbocycles. The van der Waals surface area contributed by atoms with E-state index in [-0.39, 0.29) is 0 Å². The second kappa shape index (κ2) is 7.33. The van der Waals surface area contributed by atoms with Crippen LogP contribution < -0.4 is 4.90 Å². The van der Waals surface area contributed by atoms with E-state index in [9.17, 15) is 0 Å². The fraction of sp³-hybridized carbons (Fsp3) is 0.152. The number of fused-ring (bicyclic) bond motifs is 1. The van der Waals surface area contributed by atoms with E-state index in [0.717, 1.165) is 6.54 Å². The van der Waals surface area contributed by atoms with E-state index in [1.165, 1.54) is 84.2 Å². The van der Waals surface area contributed by atoms with Crippen LogP contribution in [0.1, 0.15) is 22.3 Å². The summed E-state index contributed by atoms with van der Waals surface area (Å²) in [5.41, 5.74) is 9.62. The highest BCUT2D eigenvalue weighted by Crippen LogP contribution is 2.38. The molecule has 1 aliphatic rings. The number of anilines is 1. The van der Waals surface area contributed by atoms with Gasteiger partial charge in [0.2, 0.25) is 0 Å². The van der Waals surface area contributed by atoms with Gasteiger partial charge in [-0.25, -0.2) is 0 Å². The minimum absolute atomic E-state index is 0.871. The minimum atomic E-state index is 0.871. The molecule has 0 heterocycles. The lowest BCUT2D eigenvalue weighted by molar-refractivity contribution is 0.840. The first-order valence-electron chi connectivity index (χ1n) is 12.2. The molecule has 0 atom stereocenters. The van der Waals surface area contributed by atoms with Crippen LogP contribution in [0.2, 0.25) is 0 Å². The molecule has 1 nitrogen and oxygen atoms in total. The number of benzene rings is 6. The van der Waals surface area contributed by atoms with Gasteiger partial charge in [0.05, 0.1) is 0 Å². The van der Waals surface area contributed by atoms with Crippen molar-refractivity contribution in [2.45, 2.75) is 26.3 Å². The van der Waals surface area contributed by atoms with E-state index < -0.39 is 0 Å². The number of aryl methyl sites for hydroxylation is 3. The lowest BCUT2D eigenvalue weighted by Crippen LogP contribution is -2.16. The first-order chi connectivity index (χ1) is 16.7. The van der Waals surface area contributed by atoms with Crippen LogP contribution in [0.5, 0.6) is 0 Å². The van der Waals surface area contributed by atoms with Crippen LogP contribution in [0.3, 0.4) is 0 Å². The van der Waals surface area contributed by atoms with Gasteiger partial charge >= 0.3 is 0 Å². The quantitative estimate of drug-likeness (QED) is 0.251. The summed E-state index contributed by atoms with van der Waals surface area (Å²) in [7, 11) is 2.21. The molecule has 0 aromatic heterocycles. The maximum absolute atomic E-state index is 2.40. The van der Waals surface area contributed by atoms with Gasteiger partial charge in [0, 0.05) is 19.3 Å². The summed E-state index contributed by atoms with van der Waals surface area (Å²) in [5.74, 6) is 0. The molecular weight excluding hydrogens is 410 g/mol. The van der Waals surface area contributed by atoms with Gasteiger partial charge in [0.15, 0.2) is 0 Å². The van der Waals surface area contributed by atoms with Crippen LogP contribution in [0.15, 0.2) is 91.0 Å². The van der Waals surface area contributed by atoms with Crippen molar-refractivity contribution in [3.63, 3.8) is 0 Å². The summed E-state index contributed by atoms with van der Waals surface area (Å²) >= 11 is 0. The first kappa shape index (κ1) is 19.6. The fourth-order valence-corrected chi connectivity index (χ4v) is 5.82. The zero-order chi connectivity index (χ0) is 22.8. The van der Waals surface area contributed by atoms with Crippen molar-refractivity contribution in [1.82, 2.24) is 0 Å². The van der Waals surface area contributed by atoms with Gasteiger partial charge in [0.1, 0.15) is 0 Å². The Kier molecular flexibility index (Phi) is 4.23. The van der Waals surface area contributed by atoms with Gasteiger partial charge in [-0.15, -0.1) is 0 Å². The van der Waals surface area contributed by atoms with Crippen LogP contribution in [-0.2, 0) is 19.4 Å². The first-order valence-corrected chi connectivity index (χ1v) is 12.2. The van der Waals surface area contributed by atoms with Gasteiger partial charge in [-0.2, -0.15) is 0 Å². The van der Waals surface area contributed by atoms with E-state index in [0.29, 0.717) is 0 Å². The number of rotatable bonds is 4. The lowest BCUT2D eigenvalue weighted by atomic mass is 9.86. The average molecular weight is 438 g/mol. The molecule has 0 spiro atoms. The van der Waals surface area contributed by atoms with Gasteiger partial charge < -0.3 is 4.90 Å². The number of hydrogen-bond acceptors (Lipinski definition) is 1. The van der Waals surface area contributed by atoms with Gasteiger partial charge in [-0.05, 0) is 104 Å². The van der Waals surface area contributed by atoms with Crippen molar-refractivity contribution in [1.29, 1.82) is 0 Å². The zero-order valence-corrected chi connectivity index (χ0v) is 19.7. The summed E-state index contributed by atoms with van der Waals surface area (Å²) in [6.07, 6.45) is 2.45. The summed E-state index contributed by atoms with van der Waals surface area (Å²) in [6.45, 7) is 3.09. The minimum Gasteiger partial charge on any atom is -0.370 e. The highest BCUT2D eigenvalue weighted by Gasteiger charge is 2.16. The highest BCUT2D eigenvalue weighted by atomic mass is 15.1. The Labute approximate surface area is 200 Å². The number of nitrogens with zero attached hydrogens (tertiary/aromatic N) is 1. The van der Waals surface area contributed by atoms with Crippen molar-refractivity contribution in [2.75, 3.05) is 11.9 Å². The van der Waals surface area contributed by atoms with Gasteiger partial charge in [-0.1, -0.05) is 72.8 Å². The predicted molar refractivity (Wildman–Crippen MR) is 146 cm³/mol. The fourth-order valence-electron chi connectivity index (χ4n) is 5.82. The third-order valence-electron chi connectivity index (χ3n) is 7.85. The molecule has 164 valence electrons. The maximum atomic E-state index is 2.40. The Morgan fingerprint density at radius 1 is 0.647 bits per heavy atom. The van der Waals surface area contributed by atoms with Crippen molar-refractivity contribution in [3.8, 4) is 11.1 Å². The summed E-state index contributed by atoms with van der Waals surface area (Å²) < 4.78 is 0. The standard InChI is InChI=1S/C33H27N/c1-21-9-10-27-18-28(31-8-4-5-23-15-16-30(21)33(27)32(23)31)20-34(2)29-7-3-6-24(19-29)26-14-12-22-11-13-25(22)17-26/h3-10,12,14-19H,11,13,20H2,1-2H3. The molecule has 0 saturated heterocycles. The third-order valence-corrected chi connectivity index (χ3v) is 7.85. The highest BCUT2D eigenvalue weighted by molar-refractivity contribution is 6.24. The van der Waals surface area contributed by atoms with Crippen molar-refractivity contribution in [3.05, 3.63) is 113 Å². The van der Waals surface area contributed by atoms with E-state index >= 15 is 0 Å². The molecule has 0 amide bonds. The van der Waals surface area contributed by atoms with Crippen LogP contribution in [-0.4, -0.2) is 7.05 Å². The molecule has 34 heavy (non-hydrogen) atoms. The Bertz CT molecular complexity index is 1710. The maximum Gasteiger partial charge on any atom is 0.0432 e. The lowest BCUT2D eigenvalue weighted by Gasteiger charge is -2.23. The van der Waals surface area contributed by atoms with Gasteiger partial charge in [0.25, 0.3) is 0 Å². The summed E-state index contributed by atoms with van der Waals surface area (Å²) in [6, 6.07) is 34.2. The monoisotopic (exact) mass is 437 g/mol. The number of hydrogen-bond donors (Lipinski definition) is 0. The summed E-state index contributed by atoms with van der Waals surface area (Å²) in [5, 5.41) is 8.21. The molecule has 0 aliphatic heterocycles. The smallest absolute Gasteiger partial charge is 0.0432 e.